The fourth-order valence-electron chi connectivity index (χ4n) is 2.22. The van der Waals surface area contributed by atoms with Crippen LogP contribution in [-0.4, -0.2) is 31.1 Å². The maximum absolute atomic E-state index is 6.16. The molecule has 1 spiro atoms. The molecule has 0 unspecified atom stereocenters. The van der Waals surface area contributed by atoms with E-state index >= 15 is 0 Å². The van der Waals surface area contributed by atoms with Crippen LogP contribution in [0.4, 0.5) is 0 Å². The second-order valence-electron chi connectivity index (χ2n) is 4.16. The molecule has 3 heteroatoms. The van der Waals surface area contributed by atoms with Gasteiger partial charge in [0.1, 0.15) is 0 Å². The molecule has 2 fully saturated rings. The van der Waals surface area contributed by atoms with Crippen molar-refractivity contribution in [2.45, 2.75) is 44.4 Å². The number of rotatable bonds is 2. The standard InChI is InChI=1S/C10H19NO2/c1-3-9(4-2)5-6-11-10(13-9)7-12-8-10/h11H,3-8H2,1-2H3. The third-order valence-electron chi connectivity index (χ3n) is 3.40. The zero-order valence-corrected chi connectivity index (χ0v) is 8.56. The Labute approximate surface area is 79.8 Å². The predicted octanol–water partition coefficient (Wildman–Crippen LogP) is 1.28. The Hall–Kier alpha value is -0.120. The minimum atomic E-state index is -0.135. The Morgan fingerprint density at radius 3 is 2.38 bits per heavy atom. The van der Waals surface area contributed by atoms with Crippen molar-refractivity contribution in [3.05, 3.63) is 0 Å². The van der Waals surface area contributed by atoms with Gasteiger partial charge in [0.05, 0.1) is 18.8 Å². The molecular formula is C10H19NO2. The van der Waals surface area contributed by atoms with Crippen LogP contribution in [0.5, 0.6) is 0 Å². The fraction of sp³-hybridized carbons (Fsp3) is 1.00. The van der Waals surface area contributed by atoms with Crippen molar-refractivity contribution in [3.8, 4) is 0 Å². The molecule has 0 aliphatic carbocycles. The van der Waals surface area contributed by atoms with Gasteiger partial charge in [0.15, 0.2) is 5.72 Å². The molecule has 0 atom stereocenters. The summed E-state index contributed by atoms with van der Waals surface area (Å²) in [6.07, 6.45) is 3.33. The first-order valence-electron chi connectivity index (χ1n) is 5.27. The summed E-state index contributed by atoms with van der Waals surface area (Å²) in [6, 6.07) is 0. The molecule has 2 aliphatic heterocycles. The average molecular weight is 185 g/mol. The molecule has 1 N–H and O–H groups in total. The number of hydrogen-bond donors (Lipinski definition) is 1. The molecule has 76 valence electrons. The van der Waals surface area contributed by atoms with E-state index < -0.39 is 0 Å². The van der Waals surface area contributed by atoms with Crippen molar-refractivity contribution >= 4 is 0 Å². The van der Waals surface area contributed by atoms with Crippen molar-refractivity contribution in [3.63, 3.8) is 0 Å². The van der Waals surface area contributed by atoms with E-state index in [0.29, 0.717) is 0 Å². The molecular weight excluding hydrogens is 166 g/mol. The maximum Gasteiger partial charge on any atom is 0.166 e. The molecule has 0 bridgehead atoms. The molecule has 2 rings (SSSR count). The summed E-state index contributed by atoms with van der Waals surface area (Å²) in [5.41, 5.74) is -0.0285. The quantitative estimate of drug-likeness (QED) is 0.703. The van der Waals surface area contributed by atoms with Gasteiger partial charge in [0.2, 0.25) is 0 Å². The lowest BCUT2D eigenvalue weighted by Gasteiger charge is -2.52. The second-order valence-corrected chi connectivity index (χ2v) is 4.16. The van der Waals surface area contributed by atoms with Gasteiger partial charge in [0.25, 0.3) is 0 Å². The third kappa shape index (κ3) is 1.49. The summed E-state index contributed by atoms with van der Waals surface area (Å²) in [4.78, 5) is 0. The molecule has 0 aromatic rings. The minimum absolute atomic E-state index is 0.106. The van der Waals surface area contributed by atoms with E-state index in [9.17, 15) is 0 Å². The van der Waals surface area contributed by atoms with Crippen LogP contribution in [0.1, 0.15) is 33.1 Å². The molecule has 0 amide bonds. The van der Waals surface area contributed by atoms with Gasteiger partial charge in [-0.1, -0.05) is 13.8 Å². The summed E-state index contributed by atoms with van der Waals surface area (Å²) in [5, 5.41) is 3.41. The van der Waals surface area contributed by atoms with E-state index in [1.807, 2.05) is 0 Å². The van der Waals surface area contributed by atoms with Crippen LogP contribution in [-0.2, 0) is 9.47 Å². The van der Waals surface area contributed by atoms with Crippen LogP contribution in [0.15, 0.2) is 0 Å². The first-order chi connectivity index (χ1) is 6.24. The van der Waals surface area contributed by atoms with Crippen molar-refractivity contribution in [2.75, 3.05) is 19.8 Å². The van der Waals surface area contributed by atoms with Crippen LogP contribution in [0.25, 0.3) is 0 Å². The van der Waals surface area contributed by atoms with Crippen molar-refractivity contribution < 1.29 is 9.47 Å². The summed E-state index contributed by atoms with van der Waals surface area (Å²) in [5.74, 6) is 0. The van der Waals surface area contributed by atoms with Gasteiger partial charge in [-0.2, -0.15) is 0 Å². The van der Waals surface area contributed by atoms with Crippen molar-refractivity contribution in [2.24, 2.45) is 0 Å². The number of ether oxygens (including phenoxy) is 2. The number of hydrogen-bond acceptors (Lipinski definition) is 3. The molecule has 0 saturated carbocycles. The van der Waals surface area contributed by atoms with Crippen LogP contribution in [0, 0.1) is 0 Å². The summed E-state index contributed by atoms with van der Waals surface area (Å²) >= 11 is 0. The molecule has 0 radical (unpaired) electrons. The Morgan fingerprint density at radius 2 is 1.92 bits per heavy atom. The first kappa shape index (κ1) is 9.44. The van der Waals surface area contributed by atoms with E-state index in [0.717, 1.165) is 39.0 Å². The minimum Gasteiger partial charge on any atom is -0.372 e. The molecule has 2 saturated heterocycles. The van der Waals surface area contributed by atoms with Gasteiger partial charge in [-0.3, -0.25) is 5.32 Å². The van der Waals surface area contributed by atoms with Gasteiger partial charge in [0, 0.05) is 6.54 Å². The van der Waals surface area contributed by atoms with Crippen molar-refractivity contribution in [1.29, 1.82) is 0 Å². The van der Waals surface area contributed by atoms with E-state index in [1.54, 1.807) is 0 Å². The van der Waals surface area contributed by atoms with Gasteiger partial charge in [-0.25, -0.2) is 0 Å². The monoisotopic (exact) mass is 185 g/mol. The lowest BCUT2D eigenvalue weighted by atomic mass is 9.89. The van der Waals surface area contributed by atoms with Gasteiger partial charge < -0.3 is 9.47 Å². The lowest BCUT2D eigenvalue weighted by molar-refractivity contribution is -0.295. The van der Waals surface area contributed by atoms with Crippen LogP contribution in [0.2, 0.25) is 0 Å². The summed E-state index contributed by atoms with van der Waals surface area (Å²) in [6.45, 7) is 6.92. The predicted molar refractivity (Wildman–Crippen MR) is 50.6 cm³/mol. The smallest absolute Gasteiger partial charge is 0.166 e. The largest absolute Gasteiger partial charge is 0.372 e. The van der Waals surface area contributed by atoms with Crippen LogP contribution >= 0.6 is 0 Å². The van der Waals surface area contributed by atoms with E-state index in [-0.39, 0.29) is 11.3 Å². The highest BCUT2D eigenvalue weighted by molar-refractivity contribution is 4.95. The topological polar surface area (TPSA) is 30.5 Å². The van der Waals surface area contributed by atoms with E-state index in [1.165, 1.54) is 0 Å². The molecule has 13 heavy (non-hydrogen) atoms. The van der Waals surface area contributed by atoms with Gasteiger partial charge in [-0.15, -0.1) is 0 Å². The molecule has 0 aromatic heterocycles. The van der Waals surface area contributed by atoms with Crippen molar-refractivity contribution in [1.82, 2.24) is 5.32 Å². The highest BCUT2D eigenvalue weighted by Crippen LogP contribution is 2.35. The fourth-order valence-corrected chi connectivity index (χ4v) is 2.22. The molecule has 2 aliphatic rings. The molecule has 3 nitrogen and oxygen atoms in total. The van der Waals surface area contributed by atoms with Crippen LogP contribution in [0.3, 0.4) is 0 Å². The summed E-state index contributed by atoms with van der Waals surface area (Å²) in [7, 11) is 0. The third-order valence-corrected chi connectivity index (χ3v) is 3.40. The normalized spacial score (nSPS) is 30.0. The zero-order valence-electron chi connectivity index (χ0n) is 8.56. The zero-order chi connectivity index (χ0) is 9.36. The number of nitrogens with one attached hydrogen (secondary N) is 1. The molecule has 2 heterocycles. The van der Waals surface area contributed by atoms with Crippen LogP contribution < -0.4 is 5.32 Å². The Morgan fingerprint density at radius 1 is 1.23 bits per heavy atom. The Balaban J connectivity index is 2.05. The lowest BCUT2D eigenvalue weighted by Crippen LogP contribution is -2.69. The Kier molecular flexibility index (Phi) is 2.34. The maximum atomic E-state index is 6.16. The summed E-state index contributed by atoms with van der Waals surface area (Å²) < 4.78 is 11.4. The SMILES string of the molecule is CCC1(CC)CCNC2(COC2)O1. The van der Waals surface area contributed by atoms with Gasteiger partial charge in [-0.05, 0) is 19.3 Å². The van der Waals surface area contributed by atoms with E-state index in [4.69, 9.17) is 9.47 Å². The first-order valence-corrected chi connectivity index (χ1v) is 5.27. The Bertz CT molecular complexity index is 185. The molecule has 0 aromatic carbocycles. The second kappa shape index (κ2) is 3.23. The highest BCUT2D eigenvalue weighted by atomic mass is 16.6. The van der Waals surface area contributed by atoms with Gasteiger partial charge >= 0.3 is 0 Å². The van der Waals surface area contributed by atoms with E-state index in [2.05, 4.69) is 19.2 Å². The highest BCUT2D eigenvalue weighted by Gasteiger charge is 2.48. The average Bonchev–Trinajstić information content (AvgIpc) is 2.15.